The van der Waals surface area contributed by atoms with Crippen LogP contribution in [0.3, 0.4) is 0 Å². The molecule has 1 aromatic carbocycles. The largest absolute Gasteiger partial charge is 0.438 e. The highest BCUT2D eigenvalue weighted by atomic mass is 32.2. The van der Waals surface area contributed by atoms with Gasteiger partial charge in [0, 0.05) is 40.6 Å². The van der Waals surface area contributed by atoms with Crippen LogP contribution >= 0.6 is 0 Å². The van der Waals surface area contributed by atoms with Gasteiger partial charge in [0.25, 0.3) is 5.91 Å². The molecular weight excluding hydrogens is 350 g/mol. The van der Waals surface area contributed by atoms with Crippen molar-refractivity contribution in [2.45, 2.75) is 18.8 Å². The summed E-state index contributed by atoms with van der Waals surface area (Å²) >= 11 is 0. The smallest absolute Gasteiger partial charge is 0.261 e. The summed E-state index contributed by atoms with van der Waals surface area (Å²) in [7, 11) is -1.07. The van der Waals surface area contributed by atoms with Crippen molar-refractivity contribution in [3.8, 4) is 11.6 Å². The molecule has 0 spiro atoms. The van der Waals surface area contributed by atoms with E-state index >= 15 is 0 Å². The van der Waals surface area contributed by atoms with E-state index in [1.165, 1.54) is 0 Å². The molecule has 1 unspecified atom stereocenters. The minimum atomic E-state index is -1.07. The van der Waals surface area contributed by atoms with Crippen molar-refractivity contribution in [3.05, 3.63) is 58.9 Å². The Bertz CT molecular complexity index is 894. The summed E-state index contributed by atoms with van der Waals surface area (Å²) in [4.78, 5) is 24.2. The summed E-state index contributed by atoms with van der Waals surface area (Å²) in [5, 5.41) is 0. The first-order valence-corrected chi connectivity index (χ1v) is 10.1. The van der Waals surface area contributed by atoms with E-state index in [4.69, 9.17) is 4.74 Å². The lowest BCUT2D eigenvalue weighted by Gasteiger charge is -2.18. The molecule has 2 aromatic rings. The monoisotopic (exact) mass is 369 g/mol. The average Bonchev–Trinajstić information content (AvgIpc) is 3.38. The molecule has 134 valence electrons. The van der Waals surface area contributed by atoms with Crippen LogP contribution in [0.15, 0.2) is 47.5 Å². The standard InChI is InChI=1S/C19H19N3O3S/c1-26(24)15-9-10-22(12-15)19(23)16-11-20-17(13-7-8-13)21-18(16)25-14-5-3-2-4-6-14/h2-6,9,11,13H,7-8,10,12H2,1H3. The van der Waals surface area contributed by atoms with E-state index in [-0.39, 0.29) is 11.8 Å². The van der Waals surface area contributed by atoms with Gasteiger partial charge in [0.15, 0.2) is 0 Å². The molecule has 1 saturated carbocycles. The van der Waals surface area contributed by atoms with E-state index in [1.54, 1.807) is 17.4 Å². The second-order valence-electron chi connectivity index (χ2n) is 6.45. The lowest BCUT2D eigenvalue weighted by molar-refractivity contribution is 0.0795. The number of ether oxygens (including phenoxy) is 1. The minimum Gasteiger partial charge on any atom is -0.438 e. The van der Waals surface area contributed by atoms with Gasteiger partial charge in [-0.15, -0.1) is 0 Å². The molecular formula is C19H19N3O3S. The van der Waals surface area contributed by atoms with Gasteiger partial charge in [0.05, 0.1) is 6.54 Å². The Morgan fingerprint density at radius 3 is 2.69 bits per heavy atom. The maximum Gasteiger partial charge on any atom is 0.261 e. The Kier molecular flexibility index (Phi) is 4.55. The molecule has 4 rings (SSSR count). The third-order valence-electron chi connectivity index (χ3n) is 4.45. The molecule has 1 fully saturated rings. The highest BCUT2D eigenvalue weighted by Crippen LogP contribution is 2.39. The third-order valence-corrected chi connectivity index (χ3v) is 5.48. The van der Waals surface area contributed by atoms with E-state index in [1.807, 2.05) is 36.4 Å². The van der Waals surface area contributed by atoms with Crippen LogP contribution in [0.2, 0.25) is 0 Å². The first-order valence-electron chi connectivity index (χ1n) is 8.53. The van der Waals surface area contributed by atoms with Gasteiger partial charge in [-0.2, -0.15) is 4.98 Å². The van der Waals surface area contributed by atoms with E-state index in [0.717, 1.165) is 23.6 Å². The lowest BCUT2D eigenvalue weighted by atomic mass is 10.2. The molecule has 1 aliphatic heterocycles. The quantitative estimate of drug-likeness (QED) is 0.810. The van der Waals surface area contributed by atoms with Gasteiger partial charge in [-0.05, 0) is 25.0 Å². The summed E-state index contributed by atoms with van der Waals surface area (Å²) in [5.74, 6) is 1.78. The minimum absolute atomic E-state index is 0.213. The summed E-state index contributed by atoms with van der Waals surface area (Å²) < 4.78 is 17.5. The summed E-state index contributed by atoms with van der Waals surface area (Å²) in [6.07, 6.45) is 7.16. The molecule has 0 saturated heterocycles. The molecule has 0 radical (unpaired) electrons. The number of rotatable bonds is 5. The summed E-state index contributed by atoms with van der Waals surface area (Å²) in [6.45, 7) is 0.792. The Hall–Kier alpha value is -2.54. The second kappa shape index (κ2) is 6.99. The van der Waals surface area contributed by atoms with Crippen LogP contribution in [0, 0.1) is 0 Å². The maximum absolute atomic E-state index is 13.0. The van der Waals surface area contributed by atoms with Crippen molar-refractivity contribution < 1.29 is 13.7 Å². The van der Waals surface area contributed by atoms with Crippen LogP contribution < -0.4 is 4.74 Å². The zero-order chi connectivity index (χ0) is 18.1. The third kappa shape index (κ3) is 3.53. The fourth-order valence-corrected chi connectivity index (χ4v) is 3.45. The van der Waals surface area contributed by atoms with Crippen molar-refractivity contribution in [1.82, 2.24) is 14.9 Å². The molecule has 6 nitrogen and oxygen atoms in total. The van der Waals surface area contributed by atoms with Crippen LogP contribution in [-0.2, 0) is 10.8 Å². The Labute approximate surface area is 154 Å². The van der Waals surface area contributed by atoms with Gasteiger partial charge >= 0.3 is 0 Å². The van der Waals surface area contributed by atoms with Crippen molar-refractivity contribution >= 4 is 16.7 Å². The molecule has 2 aliphatic rings. The summed E-state index contributed by atoms with van der Waals surface area (Å²) in [6, 6.07) is 9.28. The SMILES string of the molecule is CS(=O)C1=CCN(C(=O)c2cnc(C3CC3)nc2Oc2ccccc2)C1. The van der Waals surface area contributed by atoms with Crippen LogP contribution in [0.5, 0.6) is 11.6 Å². The zero-order valence-corrected chi connectivity index (χ0v) is 15.2. The number of benzene rings is 1. The van der Waals surface area contributed by atoms with Crippen molar-refractivity contribution in [2.24, 2.45) is 0 Å². The molecule has 1 atom stereocenters. The highest BCUT2D eigenvalue weighted by Gasteiger charge is 2.30. The van der Waals surface area contributed by atoms with Gasteiger partial charge in [-0.1, -0.05) is 24.3 Å². The first kappa shape index (κ1) is 16.9. The average molecular weight is 369 g/mol. The highest BCUT2D eigenvalue weighted by molar-refractivity contribution is 7.88. The number of carbonyl (C=O) groups excluding carboxylic acids is 1. The molecule has 1 aliphatic carbocycles. The van der Waals surface area contributed by atoms with E-state index < -0.39 is 10.8 Å². The molecule has 0 bridgehead atoms. The zero-order valence-electron chi connectivity index (χ0n) is 14.4. The number of nitrogens with zero attached hydrogens (tertiary/aromatic N) is 3. The normalized spacial score (nSPS) is 17.7. The Morgan fingerprint density at radius 2 is 2.04 bits per heavy atom. The van der Waals surface area contributed by atoms with Crippen molar-refractivity contribution in [2.75, 3.05) is 19.3 Å². The molecule has 1 amide bonds. The summed E-state index contributed by atoms with van der Waals surface area (Å²) in [5.41, 5.74) is 0.329. The van der Waals surface area contributed by atoms with E-state index in [0.29, 0.717) is 30.3 Å². The van der Waals surface area contributed by atoms with Crippen LogP contribution in [0.25, 0.3) is 0 Å². The molecule has 7 heteroatoms. The Morgan fingerprint density at radius 1 is 1.27 bits per heavy atom. The predicted octanol–water partition coefficient (Wildman–Crippen LogP) is 2.86. The van der Waals surface area contributed by atoms with Crippen LogP contribution in [0.1, 0.15) is 34.9 Å². The fraction of sp³-hybridized carbons (Fsp3) is 0.316. The molecule has 1 aromatic heterocycles. The number of carbonyl (C=O) groups is 1. The van der Waals surface area contributed by atoms with E-state index in [2.05, 4.69) is 9.97 Å². The number of para-hydroxylation sites is 1. The van der Waals surface area contributed by atoms with Gasteiger partial charge in [0.1, 0.15) is 17.1 Å². The van der Waals surface area contributed by atoms with Gasteiger partial charge in [0.2, 0.25) is 5.88 Å². The van der Waals surface area contributed by atoms with Crippen molar-refractivity contribution in [1.29, 1.82) is 0 Å². The Balaban J connectivity index is 1.62. The first-order chi connectivity index (χ1) is 12.6. The van der Waals surface area contributed by atoms with Gasteiger partial charge in [-0.3, -0.25) is 9.00 Å². The topological polar surface area (TPSA) is 72.4 Å². The fourth-order valence-electron chi connectivity index (χ4n) is 2.80. The van der Waals surface area contributed by atoms with Crippen LogP contribution in [0.4, 0.5) is 0 Å². The number of hydrogen-bond donors (Lipinski definition) is 0. The molecule has 0 N–H and O–H groups in total. The molecule has 26 heavy (non-hydrogen) atoms. The van der Waals surface area contributed by atoms with Crippen molar-refractivity contribution in [3.63, 3.8) is 0 Å². The van der Waals surface area contributed by atoms with Gasteiger partial charge < -0.3 is 9.64 Å². The number of hydrogen-bond acceptors (Lipinski definition) is 5. The number of aromatic nitrogens is 2. The van der Waals surface area contributed by atoms with E-state index in [9.17, 15) is 9.00 Å². The molecule has 2 heterocycles. The van der Waals surface area contributed by atoms with Crippen LogP contribution in [-0.4, -0.2) is 44.3 Å². The predicted molar refractivity (Wildman–Crippen MR) is 98.6 cm³/mol. The van der Waals surface area contributed by atoms with Gasteiger partial charge in [-0.25, -0.2) is 4.98 Å². The lowest BCUT2D eigenvalue weighted by Crippen LogP contribution is -2.30. The number of amides is 1. The second-order valence-corrected chi connectivity index (χ2v) is 7.88. The maximum atomic E-state index is 13.0.